The highest BCUT2D eigenvalue weighted by atomic mass is 16.5. The van der Waals surface area contributed by atoms with E-state index in [0.29, 0.717) is 6.04 Å². The van der Waals surface area contributed by atoms with E-state index in [2.05, 4.69) is 44.1 Å². The highest BCUT2D eigenvalue weighted by Gasteiger charge is 2.45. The summed E-state index contributed by atoms with van der Waals surface area (Å²) in [6, 6.07) is 6.76. The van der Waals surface area contributed by atoms with Gasteiger partial charge < -0.3 is 15.4 Å². The summed E-state index contributed by atoms with van der Waals surface area (Å²) < 4.78 is 5.57. The molecule has 1 fully saturated rings. The van der Waals surface area contributed by atoms with Crippen molar-refractivity contribution in [3.05, 3.63) is 29.3 Å². The van der Waals surface area contributed by atoms with Gasteiger partial charge in [-0.1, -0.05) is 24.1 Å². The van der Waals surface area contributed by atoms with E-state index in [4.69, 9.17) is 10.5 Å². The van der Waals surface area contributed by atoms with E-state index in [0.717, 1.165) is 12.3 Å². The molecule has 1 aliphatic carbocycles. The van der Waals surface area contributed by atoms with E-state index in [-0.39, 0.29) is 5.41 Å². The van der Waals surface area contributed by atoms with Crippen LogP contribution in [0.2, 0.25) is 0 Å². The second-order valence-corrected chi connectivity index (χ2v) is 6.03. The fraction of sp³-hybridized carbons (Fsp3) is 0.625. The van der Waals surface area contributed by atoms with Gasteiger partial charge in [-0.3, -0.25) is 0 Å². The lowest BCUT2D eigenvalue weighted by Crippen LogP contribution is -2.47. The van der Waals surface area contributed by atoms with Crippen LogP contribution in [0.1, 0.15) is 36.4 Å². The molecule has 0 aromatic heterocycles. The predicted molar refractivity (Wildman–Crippen MR) is 79.5 cm³/mol. The number of methoxy groups -OCH3 is 1. The van der Waals surface area contributed by atoms with Gasteiger partial charge in [0.15, 0.2) is 0 Å². The summed E-state index contributed by atoms with van der Waals surface area (Å²) >= 11 is 0. The van der Waals surface area contributed by atoms with Crippen LogP contribution >= 0.6 is 0 Å². The summed E-state index contributed by atoms with van der Waals surface area (Å²) in [4.78, 5) is 2.29. The van der Waals surface area contributed by atoms with Crippen LogP contribution in [0.3, 0.4) is 0 Å². The highest BCUT2D eigenvalue weighted by Crippen LogP contribution is 2.53. The van der Waals surface area contributed by atoms with Crippen LogP contribution in [0, 0.1) is 12.3 Å². The minimum absolute atomic E-state index is 0.213. The molecule has 0 radical (unpaired) electrons. The van der Waals surface area contributed by atoms with Crippen molar-refractivity contribution in [3.8, 4) is 5.75 Å². The molecule has 2 rings (SSSR count). The van der Waals surface area contributed by atoms with Crippen molar-refractivity contribution < 1.29 is 4.74 Å². The molecular formula is C16H26N2O. The van der Waals surface area contributed by atoms with E-state index in [9.17, 15) is 0 Å². The molecule has 0 bridgehead atoms. The second-order valence-electron chi connectivity index (χ2n) is 6.03. The van der Waals surface area contributed by atoms with Gasteiger partial charge in [0.1, 0.15) is 5.75 Å². The SMILES string of the molecule is COc1ccc(C)cc1C(N(C)C)C1(CN)CCC1. The van der Waals surface area contributed by atoms with E-state index in [1.165, 1.54) is 30.4 Å². The molecule has 3 heteroatoms. The number of benzene rings is 1. The van der Waals surface area contributed by atoms with Gasteiger partial charge in [-0.15, -0.1) is 0 Å². The molecule has 2 N–H and O–H groups in total. The van der Waals surface area contributed by atoms with E-state index >= 15 is 0 Å². The molecule has 1 aromatic rings. The number of aryl methyl sites for hydroxylation is 1. The fourth-order valence-corrected chi connectivity index (χ4v) is 3.44. The van der Waals surface area contributed by atoms with Crippen molar-refractivity contribution in [2.75, 3.05) is 27.7 Å². The van der Waals surface area contributed by atoms with Crippen molar-refractivity contribution in [1.82, 2.24) is 4.90 Å². The Morgan fingerprint density at radius 1 is 1.37 bits per heavy atom. The Bertz CT molecular complexity index is 433. The van der Waals surface area contributed by atoms with Gasteiger partial charge in [0.05, 0.1) is 7.11 Å². The molecule has 106 valence electrons. The first-order valence-corrected chi connectivity index (χ1v) is 7.05. The maximum absolute atomic E-state index is 6.11. The smallest absolute Gasteiger partial charge is 0.123 e. The first-order chi connectivity index (χ1) is 9.04. The zero-order valence-corrected chi connectivity index (χ0v) is 12.6. The van der Waals surface area contributed by atoms with Crippen molar-refractivity contribution in [3.63, 3.8) is 0 Å². The van der Waals surface area contributed by atoms with E-state index in [1.54, 1.807) is 7.11 Å². The van der Waals surface area contributed by atoms with Crippen LogP contribution in [-0.4, -0.2) is 32.6 Å². The summed E-state index contributed by atoms with van der Waals surface area (Å²) in [5, 5.41) is 0. The van der Waals surface area contributed by atoms with Crippen LogP contribution in [0.25, 0.3) is 0 Å². The zero-order valence-electron chi connectivity index (χ0n) is 12.6. The van der Waals surface area contributed by atoms with Crippen LogP contribution in [0.15, 0.2) is 18.2 Å². The summed E-state index contributed by atoms with van der Waals surface area (Å²) in [5.74, 6) is 0.976. The Hall–Kier alpha value is -1.06. The van der Waals surface area contributed by atoms with Crippen molar-refractivity contribution >= 4 is 0 Å². The average molecular weight is 262 g/mol. The van der Waals surface area contributed by atoms with Crippen molar-refractivity contribution in [2.24, 2.45) is 11.1 Å². The number of ether oxygens (including phenoxy) is 1. The lowest BCUT2D eigenvalue weighted by molar-refractivity contribution is 0.0268. The maximum Gasteiger partial charge on any atom is 0.123 e. The minimum atomic E-state index is 0.213. The van der Waals surface area contributed by atoms with Crippen molar-refractivity contribution in [1.29, 1.82) is 0 Å². The van der Waals surface area contributed by atoms with Crippen LogP contribution in [0.4, 0.5) is 0 Å². The third-order valence-electron chi connectivity index (χ3n) is 4.53. The molecule has 0 spiro atoms. The summed E-state index contributed by atoms with van der Waals surface area (Å²) in [7, 11) is 6.03. The average Bonchev–Trinajstić information content (AvgIpc) is 2.33. The quantitative estimate of drug-likeness (QED) is 0.886. The third-order valence-corrected chi connectivity index (χ3v) is 4.53. The van der Waals surface area contributed by atoms with Crippen molar-refractivity contribution in [2.45, 2.75) is 32.2 Å². The molecule has 1 atom stereocenters. The molecule has 1 saturated carbocycles. The van der Waals surface area contributed by atoms with Crippen LogP contribution in [-0.2, 0) is 0 Å². The fourth-order valence-electron chi connectivity index (χ4n) is 3.44. The molecule has 3 nitrogen and oxygen atoms in total. The standard InChI is InChI=1S/C16H26N2O/c1-12-6-7-14(19-4)13(10-12)15(18(2)3)16(11-17)8-5-9-16/h6-7,10,15H,5,8-9,11,17H2,1-4H3. The Morgan fingerprint density at radius 2 is 2.05 bits per heavy atom. The monoisotopic (exact) mass is 262 g/mol. The minimum Gasteiger partial charge on any atom is -0.496 e. The first kappa shape index (κ1) is 14.4. The summed E-state index contributed by atoms with van der Waals surface area (Å²) in [5.41, 5.74) is 8.87. The highest BCUT2D eigenvalue weighted by molar-refractivity contribution is 5.40. The molecule has 19 heavy (non-hydrogen) atoms. The number of hydrogen-bond acceptors (Lipinski definition) is 3. The van der Waals surface area contributed by atoms with Gasteiger partial charge in [-0.05, 0) is 46.5 Å². The lowest BCUT2D eigenvalue weighted by Gasteiger charge is -2.50. The summed E-state index contributed by atoms with van der Waals surface area (Å²) in [6.45, 7) is 2.87. The molecule has 1 aliphatic rings. The van der Waals surface area contributed by atoms with Crippen LogP contribution in [0.5, 0.6) is 5.75 Å². The second kappa shape index (κ2) is 5.51. The molecule has 0 heterocycles. The van der Waals surface area contributed by atoms with Gasteiger partial charge in [0.2, 0.25) is 0 Å². The normalized spacial score (nSPS) is 19.1. The van der Waals surface area contributed by atoms with Gasteiger partial charge in [0, 0.05) is 17.0 Å². The Kier molecular flexibility index (Phi) is 4.16. The molecular weight excluding hydrogens is 236 g/mol. The maximum atomic E-state index is 6.11. The number of nitrogens with two attached hydrogens (primary N) is 1. The topological polar surface area (TPSA) is 38.5 Å². The molecule has 1 unspecified atom stereocenters. The van der Waals surface area contributed by atoms with E-state index in [1.807, 2.05) is 0 Å². The van der Waals surface area contributed by atoms with E-state index < -0.39 is 0 Å². The Labute approximate surface area is 116 Å². The Balaban J connectivity index is 2.47. The number of hydrogen-bond donors (Lipinski definition) is 1. The molecule has 1 aromatic carbocycles. The van der Waals surface area contributed by atoms with Crippen LogP contribution < -0.4 is 10.5 Å². The van der Waals surface area contributed by atoms with Gasteiger partial charge in [-0.2, -0.15) is 0 Å². The van der Waals surface area contributed by atoms with Gasteiger partial charge >= 0.3 is 0 Å². The molecule has 0 saturated heterocycles. The predicted octanol–water partition coefficient (Wildman–Crippen LogP) is 2.74. The lowest BCUT2D eigenvalue weighted by atomic mass is 9.62. The summed E-state index contributed by atoms with van der Waals surface area (Å²) in [6.07, 6.45) is 3.71. The zero-order chi connectivity index (χ0) is 14.0. The third kappa shape index (κ3) is 2.49. The first-order valence-electron chi connectivity index (χ1n) is 7.05. The van der Waals surface area contributed by atoms with Gasteiger partial charge in [-0.25, -0.2) is 0 Å². The number of rotatable bonds is 5. The molecule has 0 aliphatic heterocycles. The number of nitrogens with zero attached hydrogens (tertiary/aromatic N) is 1. The molecule has 0 amide bonds. The Morgan fingerprint density at radius 3 is 2.47 bits per heavy atom. The van der Waals surface area contributed by atoms with Gasteiger partial charge in [0.25, 0.3) is 0 Å². The largest absolute Gasteiger partial charge is 0.496 e.